The monoisotopic (exact) mass is 1150 g/mol. The molecule has 1 saturated heterocycles. The molecular weight excluding hydrogens is 1070 g/mol. The predicted molar refractivity (Wildman–Crippen MR) is 313 cm³/mol. The molecule has 0 saturated carbocycles. The van der Waals surface area contributed by atoms with E-state index in [0.29, 0.717) is 81.1 Å². The summed E-state index contributed by atoms with van der Waals surface area (Å²) in [6.45, 7) is 5.64. The molecule has 0 bridgehead atoms. The molecule has 0 radical (unpaired) electrons. The number of aliphatic hydroxyl groups excluding tert-OH is 2. The Balaban J connectivity index is 0.000000372. The maximum atomic E-state index is 12.4. The molecule has 6 aromatic carbocycles. The van der Waals surface area contributed by atoms with Gasteiger partial charge < -0.3 is 65.1 Å². The molecule has 21 nitrogen and oxygen atoms in total. The molecule has 6 aromatic rings. The molecule has 1 fully saturated rings. The van der Waals surface area contributed by atoms with E-state index in [1.165, 1.54) is 23.1 Å². The fraction of sp³-hybridized carbons (Fsp3) is 0.355. The Morgan fingerprint density at radius 2 is 0.795 bits per heavy atom. The van der Waals surface area contributed by atoms with Crippen molar-refractivity contribution in [3.05, 3.63) is 214 Å². The van der Waals surface area contributed by atoms with Crippen LogP contribution in [0.4, 0.5) is 0 Å². The maximum Gasteiger partial charge on any atom is 0.261 e. The highest BCUT2D eigenvalue weighted by molar-refractivity contribution is 6.22. The Morgan fingerprint density at radius 1 is 0.494 bits per heavy atom. The molecule has 3 aliphatic rings. The molecule has 9 rings (SSSR count). The first kappa shape index (κ1) is 69.9. The summed E-state index contributed by atoms with van der Waals surface area (Å²) in [4.78, 5) is 51.4. The zero-order valence-corrected chi connectivity index (χ0v) is 47.3. The average Bonchev–Trinajstić information content (AvgIpc) is 4.31. The number of β-amino-alcohol motifs (C(OH)–C–C–N with tert-alkyl or cyclic N) is 1. The third kappa shape index (κ3) is 25.0. The number of nitrogens with two attached hydrogens (primary N) is 2. The molecule has 0 aromatic heterocycles. The van der Waals surface area contributed by atoms with Gasteiger partial charge in [-0.3, -0.25) is 29.0 Å². The highest BCUT2D eigenvalue weighted by Crippen LogP contribution is 2.24. The van der Waals surface area contributed by atoms with Gasteiger partial charge in [-0.1, -0.05) is 146 Å². The van der Waals surface area contributed by atoms with Crippen molar-refractivity contribution in [3.63, 3.8) is 0 Å². The summed E-state index contributed by atoms with van der Waals surface area (Å²) in [5, 5.41) is 18.4. The number of aliphatic hydroxyl groups is 2. The molecule has 0 spiro atoms. The van der Waals surface area contributed by atoms with Crippen molar-refractivity contribution in [1.29, 1.82) is 11.1 Å². The second-order valence-corrected chi connectivity index (χ2v) is 18.4. The minimum atomic E-state index is -0.916. The summed E-state index contributed by atoms with van der Waals surface area (Å²) in [7, 11) is 4.71. The Hall–Kier alpha value is -7.32. The quantitative estimate of drug-likeness (QED) is 0.0202. The number of epoxide rings is 1. The van der Waals surface area contributed by atoms with E-state index in [1.807, 2.05) is 109 Å². The highest BCUT2D eigenvalue weighted by Gasteiger charge is 2.37. The van der Waals surface area contributed by atoms with Gasteiger partial charge >= 0.3 is 0 Å². The SMILES string of the molecule is COC(CN)CO.COC(CN)COCc1ccccc1.COC(COCc1ccccc1)CN1C(=O)c2ccccc2C1=O.N=N.O.O=C1c2ccccc2C(=O)N1CC(O)COCc1ccccc1.[HH].c1ccc(COCC2CO2)cc1. The molecular formula is C62H82N6O15. The van der Waals surface area contributed by atoms with Crippen LogP contribution in [0.2, 0.25) is 0 Å². The van der Waals surface area contributed by atoms with Crippen molar-refractivity contribution in [3.8, 4) is 0 Å². The van der Waals surface area contributed by atoms with Crippen LogP contribution in [0.15, 0.2) is 170 Å². The third-order valence-electron chi connectivity index (χ3n) is 12.3. The van der Waals surface area contributed by atoms with E-state index in [0.717, 1.165) is 29.2 Å². The van der Waals surface area contributed by atoms with Crippen LogP contribution in [0.3, 0.4) is 0 Å². The molecule has 5 unspecified atom stereocenters. The van der Waals surface area contributed by atoms with Gasteiger partial charge in [0.05, 0.1) is 126 Å². The number of nitrogens with one attached hydrogen (secondary N) is 2. The number of methoxy groups -OCH3 is 3. The molecule has 4 amide bonds. The number of nitrogens with zero attached hydrogens (tertiary/aromatic N) is 2. The van der Waals surface area contributed by atoms with Crippen LogP contribution in [0.5, 0.6) is 0 Å². The Bertz CT molecular complexity index is 2660. The number of hydrogen-bond acceptors (Lipinski definition) is 18. The van der Waals surface area contributed by atoms with Crippen LogP contribution in [0.25, 0.3) is 0 Å². The van der Waals surface area contributed by atoms with Gasteiger partial charge in [0.1, 0.15) is 6.10 Å². The summed E-state index contributed by atoms with van der Waals surface area (Å²) >= 11 is 0. The fourth-order valence-electron chi connectivity index (χ4n) is 7.65. The number of ether oxygens (including phenoxy) is 8. The normalized spacial score (nSPS) is 14.8. The first-order valence-corrected chi connectivity index (χ1v) is 26.5. The molecule has 450 valence electrons. The van der Waals surface area contributed by atoms with Crippen molar-refractivity contribution >= 4 is 23.6 Å². The lowest BCUT2D eigenvalue weighted by molar-refractivity contribution is -0.0102. The van der Waals surface area contributed by atoms with Crippen molar-refractivity contribution in [2.45, 2.75) is 56.9 Å². The van der Waals surface area contributed by atoms with Gasteiger partial charge in [0, 0.05) is 35.8 Å². The van der Waals surface area contributed by atoms with E-state index >= 15 is 0 Å². The zero-order chi connectivity index (χ0) is 59.3. The second kappa shape index (κ2) is 40.8. The first-order chi connectivity index (χ1) is 40.0. The summed E-state index contributed by atoms with van der Waals surface area (Å²) < 4.78 is 42.1. The van der Waals surface area contributed by atoms with Gasteiger partial charge in [-0.25, -0.2) is 11.1 Å². The van der Waals surface area contributed by atoms with Crippen LogP contribution >= 0.6 is 0 Å². The number of fused-ring (bicyclic) bond motifs is 2. The molecule has 3 heterocycles. The molecule has 5 atom stereocenters. The van der Waals surface area contributed by atoms with Crippen LogP contribution in [0, 0.1) is 11.1 Å². The number of benzene rings is 6. The van der Waals surface area contributed by atoms with Crippen molar-refractivity contribution in [1.82, 2.24) is 9.80 Å². The summed E-state index contributed by atoms with van der Waals surface area (Å²) in [5.41, 5.74) is 26.7. The maximum absolute atomic E-state index is 12.4. The Kier molecular flexibility index (Phi) is 34.4. The lowest BCUT2D eigenvalue weighted by Gasteiger charge is -2.21. The molecule has 0 aliphatic carbocycles. The number of carbonyl (C=O) groups excluding carboxylic acids is 4. The van der Waals surface area contributed by atoms with E-state index in [-0.39, 0.29) is 75.1 Å². The average molecular weight is 1150 g/mol. The number of carbonyl (C=O) groups is 4. The fourth-order valence-corrected chi connectivity index (χ4v) is 7.65. The van der Waals surface area contributed by atoms with Gasteiger partial charge in [-0.05, 0) is 46.5 Å². The van der Waals surface area contributed by atoms with E-state index in [4.69, 9.17) is 60.8 Å². The van der Waals surface area contributed by atoms with E-state index in [9.17, 15) is 24.3 Å². The predicted octanol–water partition coefficient (Wildman–Crippen LogP) is 6.12. The summed E-state index contributed by atoms with van der Waals surface area (Å²) in [5.74, 6) is -1.29. The van der Waals surface area contributed by atoms with Crippen LogP contribution in [0.1, 0.15) is 65.1 Å². The standard InChI is InChI=1S/C19H19NO4.C18H17NO4.C11H17NO2.C10H12O2.C4H11NO2.H2N2.H2O.H2/c1-23-15(13-24-12-14-7-3-2-4-8-14)11-20-18(21)16-9-5-6-10-17(16)19(20)22;20-14(12-23-11-13-6-2-1-3-7-13)10-19-17(21)15-8-4-5-9-16(15)18(19)22;1-13-11(7-12)9-14-8-10-5-3-2-4-6-10;1-2-4-9(5-3-1)6-11-7-10-8-12-10;1-7-4(2-5)3-6;1-2;;/h2-10,15H,11-13H2,1H3;1-9,14,20H,10-12H2;2-6,11H,7-9,12H2,1H3;1-5,10H,6-8H2;4,6H,2-3,5H2,1H3;1-2H;1H2;1H. The van der Waals surface area contributed by atoms with Gasteiger partial charge in [-0.2, -0.15) is 0 Å². The van der Waals surface area contributed by atoms with E-state index < -0.39 is 6.10 Å². The number of imide groups is 2. The highest BCUT2D eigenvalue weighted by atomic mass is 16.6. The molecule has 10 N–H and O–H groups in total. The Morgan fingerprint density at radius 3 is 1.10 bits per heavy atom. The lowest BCUT2D eigenvalue weighted by Crippen LogP contribution is -2.39. The van der Waals surface area contributed by atoms with Crippen molar-refractivity contribution in [2.24, 2.45) is 11.5 Å². The Labute approximate surface area is 487 Å². The van der Waals surface area contributed by atoms with Gasteiger partial charge in [0.15, 0.2) is 0 Å². The summed E-state index contributed by atoms with van der Waals surface area (Å²) in [6.07, 6.45) is -1.09. The van der Waals surface area contributed by atoms with Crippen molar-refractivity contribution < 1.29 is 74.2 Å². The van der Waals surface area contributed by atoms with Gasteiger partial charge in [-0.15, -0.1) is 0 Å². The minimum Gasteiger partial charge on any atom is -0.412 e. The lowest BCUT2D eigenvalue weighted by atomic mass is 10.1. The van der Waals surface area contributed by atoms with E-state index in [2.05, 4.69) is 16.9 Å². The van der Waals surface area contributed by atoms with E-state index in [1.54, 1.807) is 62.8 Å². The number of rotatable bonds is 26. The van der Waals surface area contributed by atoms with Gasteiger partial charge in [0.2, 0.25) is 0 Å². The van der Waals surface area contributed by atoms with Crippen LogP contribution < -0.4 is 11.5 Å². The minimum absolute atomic E-state index is 0. The molecule has 3 aliphatic heterocycles. The largest absolute Gasteiger partial charge is 0.412 e. The van der Waals surface area contributed by atoms with Gasteiger partial charge in [0.25, 0.3) is 23.6 Å². The number of amides is 4. The number of hydrogen-bond donors (Lipinski definition) is 6. The second-order valence-electron chi connectivity index (χ2n) is 18.4. The topological polar surface area (TPSA) is 324 Å². The molecule has 21 heteroatoms. The van der Waals surface area contributed by atoms with Crippen molar-refractivity contribution in [2.75, 3.05) is 87.1 Å². The van der Waals surface area contributed by atoms with Crippen LogP contribution in [-0.2, 0) is 64.3 Å². The molecule has 83 heavy (non-hydrogen) atoms. The zero-order valence-electron chi connectivity index (χ0n) is 47.3. The smallest absolute Gasteiger partial charge is 0.261 e. The summed E-state index contributed by atoms with van der Waals surface area (Å²) in [6, 6.07) is 53.1. The first-order valence-electron chi connectivity index (χ1n) is 26.5. The third-order valence-corrected chi connectivity index (χ3v) is 12.3. The van der Waals surface area contributed by atoms with Crippen LogP contribution in [-0.4, -0.2) is 167 Å².